The number of ether oxygens (including phenoxy) is 1. The van der Waals surface area contributed by atoms with Crippen molar-refractivity contribution in [1.29, 1.82) is 0 Å². The highest BCUT2D eigenvalue weighted by Gasteiger charge is 2.57. The molecule has 8 heteroatoms. The quantitative estimate of drug-likeness (QED) is 0.135. The Bertz CT molecular complexity index is 858. The third-order valence-corrected chi connectivity index (χ3v) is 24.8. The summed E-state index contributed by atoms with van der Waals surface area (Å²) in [6.07, 6.45) is 3.34. The van der Waals surface area contributed by atoms with Gasteiger partial charge in [-0.2, -0.15) is 0 Å². The van der Waals surface area contributed by atoms with Gasteiger partial charge in [0.25, 0.3) is 0 Å². The molecule has 0 aromatic carbocycles. The molecule has 6 atom stereocenters. The topological polar surface area (TPSA) is 54.0 Å². The molecule has 0 heterocycles. The van der Waals surface area contributed by atoms with Gasteiger partial charge in [0.15, 0.2) is 25.0 Å². The first-order valence-corrected chi connectivity index (χ1v) is 23.8. The SMILES string of the molecule is CC[Si](CC)(CC)O[C@H]1C[C@H](O[Si](C)(C)C(C)(C)C)[C@H]2[C@H]1C=C(C)[C@H](CO[Si](C)(C)C(C)(C)C)[C@@H]2C(=O)OC. The molecule has 0 unspecified atom stereocenters. The highest BCUT2D eigenvalue weighted by atomic mass is 28.4. The Hall–Kier alpha value is -0.259. The van der Waals surface area contributed by atoms with Crippen molar-refractivity contribution in [1.82, 2.24) is 0 Å². The smallest absolute Gasteiger partial charge is 0.309 e. The van der Waals surface area contributed by atoms with Gasteiger partial charge < -0.3 is 18.0 Å². The molecule has 39 heavy (non-hydrogen) atoms. The summed E-state index contributed by atoms with van der Waals surface area (Å²) in [6, 6.07) is 3.36. The first kappa shape index (κ1) is 34.9. The molecule has 1 saturated carbocycles. The van der Waals surface area contributed by atoms with Gasteiger partial charge in [-0.15, -0.1) is 0 Å². The number of carbonyl (C=O) groups is 1. The molecule has 0 spiro atoms. The van der Waals surface area contributed by atoms with Crippen LogP contribution < -0.4 is 0 Å². The largest absolute Gasteiger partial charge is 0.469 e. The lowest BCUT2D eigenvalue weighted by Gasteiger charge is -2.45. The Kier molecular flexibility index (Phi) is 11.2. The fourth-order valence-electron chi connectivity index (χ4n) is 6.04. The molecule has 1 fully saturated rings. The van der Waals surface area contributed by atoms with E-state index in [2.05, 4.69) is 102 Å². The third-order valence-electron chi connectivity index (χ3n) is 11.1. The monoisotopic (exact) mass is 598 g/mol. The highest BCUT2D eigenvalue weighted by molar-refractivity contribution is 6.74. The van der Waals surface area contributed by atoms with Gasteiger partial charge in [0.2, 0.25) is 0 Å². The van der Waals surface area contributed by atoms with E-state index in [1.165, 1.54) is 12.7 Å². The Labute approximate surface area is 244 Å². The van der Waals surface area contributed by atoms with Crippen molar-refractivity contribution < 1.29 is 22.8 Å². The fraction of sp³-hybridized carbons (Fsp3) is 0.903. The van der Waals surface area contributed by atoms with Crippen molar-refractivity contribution in [2.75, 3.05) is 13.7 Å². The molecule has 228 valence electrons. The summed E-state index contributed by atoms with van der Waals surface area (Å²) in [7, 11) is -4.39. The Morgan fingerprint density at radius 1 is 0.872 bits per heavy atom. The van der Waals surface area contributed by atoms with Crippen LogP contribution in [0, 0.1) is 23.7 Å². The molecule has 0 radical (unpaired) electrons. The summed E-state index contributed by atoms with van der Waals surface area (Å²) in [5.74, 6) is -0.243. The zero-order valence-electron chi connectivity index (χ0n) is 28.1. The lowest BCUT2D eigenvalue weighted by molar-refractivity contribution is -0.152. The van der Waals surface area contributed by atoms with E-state index in [0.29, 0.717) is 6.61 Å². The number of rotatable bonds is 11. The minimum atomic E-state index is -2.09. The predicted octanol–water partition coefficient (Wildman–Crippen LogP) is 8.79. The number of carbonyl (C=O) groups excluding carboxylic acids is 1. The molecule has 0 bridgehead atoms. The van der Waals surface area contributed by atoms with Crippen molar-refractivity contribution >= 4 is 30.9 Å². The molecule has 2 aliphatic carbocycles. The molecular formula is C31H62O5Si3. The molecule has 0 saturated heterocycles. The average Bonchev–Trinajstić information content (AvgIpc) is 3.14. The predicted molar refractivity (Wildman–Crippen MR) is 172 cm³/mol. The van der Waals surface area contributed by atoms with Gasteiger partial charge >= 0.3 is 5.97 Å². The van der Waals surface area contributed by atoms with Gasteiger partial charge in [-0.05, 0) is 67.7 Å². The standard InChI is InChI=1S/C31H62O5Si3/c1-16-39(17-2,18-3)36-25-20-26(35-38(14,15)31(8,9)10)27-23(25)19-22(4)24(28(27)29(32)33-11)21-34-37(12,13)30(5,6)7/h19,23-28H,16-18,20-21H2,1-15H3/t23-,24-,25-,26-,27+,28-/m0/s1. The van der Waals surface area contributed by atoms with E-state index >= 15 is 0 Å². The van der Waals surface area contributed by atoms with Gasteiger partial charge in [-0.25, -0.2) is 0 Å². The molecule has 0 N–H and O–H groups in total. The van der Waals surface area contributed by atoms with Crippen molar-refractivity contribution in [3.63, 3.8) is 0 Å². The number of hydrogen-bond acceptors (Lipinski definition) is 5. The molecule has 0 aliphatic heterocycles. The maximum atomic E-state index is 13.7. The van der Waals surface area contributed by atoms with Crippen molar-refractivity contribution in [2.45, 2.75) is 142 Å². The van der Waals surface area contributed by atoms with Gasteiger partial charge in [0.1, 0.15) is 0 Å². The Morgan fingerprint density at radius 3 is 1.82 bits per heavy atom. The second-order valence-corrected chi connectivity index (χ2v) is 29.6. The molecular weight excluding hydrogens is 537 g/mol. The second-order valence-electron chi connectivity index (χ2n) is 15.3. The Morgan fingerprint density at radius 2 is 1.38 bits per heavy atom. The fourth-order valence-corrected chi connectivity index (χ4v) is 11.3. The summed E-state index contributed by atoms with van der Waals surface area (Å²) < 4.78 is 26.7. The summed E-state index contributed by atoms with van der Waals surface area (Å²) in [5.41, 5.74) is 1.24. The Balaban J connectivity index is 2.59. The van der Waals surface area contributed by atoms with E-state index in [9.17, 15) is 4.79 Å². The van der Waals surface area contributed by atoms with Crippen LogP contribution >= 0.6 is 0 Å². The van der Waals surface area contributed by atoms with Crippen LogP contribution in [0.2, 0.25) is 54.4 Å². The molecule has 0 aromatic heterocycles. The zero-order chi connectivity index (χ0) is 30.2. The molecule has 0 aromatic rings. The minimum Gasteiger partial charge on any atom is -0.469 e. The summed E-state index contributed by atoms with van der Waals surface area (Å²) in [6.45, 7) is 32.5. The molecule has 2 rings (SSSR count). The molecule has 2 aliphatic rings. The molecule has 5 nitrogen and oxygen atoms in total. The third kappa shape index (κ3) is 7.40. The van der Waals surface area contributed by atoms with Crippen molar-refractivity contribution in [3.05, 3.63) is 11.6 Å². The van der Waals surface area contributed by atoms with Crippen LogP contribution in [0.5, 0.6) is 0 Å². The second kappa shape index (κ2) is 12.5. The number of hydrogen-bond donors (Lipinski definition) is 0. The normalized spacial score (nSPS) is 28.7. The summed E-state index contributed by atoms with van der Waals surface area (Å²) in [5, 5.41) is 0.194. The van der Waals surface area contributed by atoms with E-state index in [1.807, 2.05) is 0 Å². The van der Waals surface area contributed by atoms with E-state index in [1.54, 1.807) is 0 Å². The van der Waals surface area contributed by atoms with Crippen LogP contribution in [0.3, 0.4) is 0 Å². The lowest BCUT2D eigenvalue weighted by Crippen LogP contribution is -2.50. The van der Waals surface area contributed by atoms with Crippen LogP contribution in [0.25, 0.3) is 0 Å². The van der Waals surface area contributed by atoms with Crippen LogP contribution in [0.15, 0.2) is 11.6 Å². The highest BCUT2D eigenvalue weighted by Crippen LogP contribution is 2.53. The van der Waals surface area contributed by atoms with E-state index in [4.69, 9.17) is 18.0 Å². The van der Waals surface area contributed by atoms with Gasteiger partial charge in [-0.3, -0.25) is 4.79 Å². The number of methoxy groups -OCH3 is 1. The van der Waals surface area contributed by atoms with Gasteiger partial charge in [-0.1, -0.05) is 74.0 Å². The summed E-state index contributed by atoms with van der Waals surface area (Å²) >= 11 is 0. The first-order chi connectivity index (χ1) is 17.7. The maximum Gasteiger partial charge on any atom is 0.309 e. The average molecular weight is 599 g/mol. The van der Waals surface area contributed by atoms with Crippen LogP contribution in [-0.4, -0.2) is 56.8 Å². The number of esters is 1. The van der Waals surface area contributed by atoms with E-state index in [0.717, 1.165) is 24.6 Å². The number of fused-ring (bicyclic) bond motifs is 1. The zero-order valence-corrected chi connectivity index (χ0v) is 31.1. The van der Waals surface area contributed by atoms with E-state index < -0.39 is 25.0 Å². The van der Waals surface area contributed by atoms with Crippen LogP contribution in [0.4, 0.5) is 0 Å². The van der Waals surface area contributed by atoms with Crippen LogP contribution in [-0.2, 0) is 22.8 Å². The minimum absolute atomic E-state index is 0.0115. The van der Waals surface area contributed by atoms with Crippen molar-refractivity contribution in [3.8, 4) is 0 Å². The van der Waals surface area contributed by atoms with E-state index in [-0.39, 0.29) is 51.9 Å². The molecule has 0 amide bonds. The summed E-state index contributed by atoms with van der Waals surface area (Å²) in [4.78, 5) is 13.7. The lowest BCUT2D eigenvalue weighted by atomic mass is 9.68. The van der Waals surface area contributed by atoms with Gasteiger partial charge in [0, 0.05) is 24.4 Å². The van der Waals surface area contributed by atoms with Crippen LogP contribution in [0.1, 0.15) is 75.7 Å². The maximum absolute atomic E-state index is 13.7. The van der Waals surface area contributed by atoms with Crippen molar-refractivity contribution in [2.24, 2.45) is 23.7 Å². The van der Waals surface area contributed by atoms with Gasteiger partial charge in [0.05, 0.1) is 25.2 Å². The first-order valence-electron chi connectivity index (χ1n) is 15.5.